The maximum Gasteiger partial charge on any atom is 0.170 e. The molecule has 0 saturated carbocycles. The highest BCUT2D eigenvalue weighted by molar-refractivity contribution is 6.11. The molecule has 0 rings (SSSR count). The maximum atomic E-state index is 5.36. The Morgan fingerprint density at radius 3 is 2.22 bits per heavy atom. The molecule has 3 radical (unpaired) electrons. The minimum Gasteiger partial charge on any atom is -0.351 e. The van der Waals surface area contributed by atoms with Gasteiger partial charge in [0.25, 0.3) is 0 Å². The van der Waals surface area contributed by atoms with Gasteiger partial charge in [-0.2, -0.15) is 0 Å². The van der Waals surface area contributed by atoms with Gasteiger partial charge in [0.2, 0.25) is 0 Å². The second kappa shape index (κ2) is 3.28. The van der Waals surface area contributed by atoms with E-state index in [1.165, 1.54) is 7.11 Å². The van der Waals surface area contributed by atoms with Crippen molar-refractivity contribution in [2.24, 2.45) is 17.2 Å². The van der Waals surface area contributed by atoms with E-state index in [9.17, 15) is 0 Å². The Balaban J connectivity index is 3.58. The predicted octanol–water partition coefficient (Wildman–Crippen LogP) is -1.95. The first-order valence-electron chi connectivity index (χ1n) is 2.57. The van der Waals surface area contributed by atoms with Crippen LogP contribution in [-0.2, 0) is 4.74 Å². The summed E-state index contributed by atoms with van der Waals surface area (Å²) in [6, 6.07) is 0. The van der Waals surface area contributed by atoms with Crippen molar-refractivity contribution in [3.05, 3.63) is 0 Å². The summed E-state index contributed by atoms with van der Waals surface area (Å²) in [5, 5.41) is 0. The number of rotatable bonds is 3. The first kappa shape index (κ1) is 9.06. The van der Waals surface area contributed by atoms with Gasteiger partial charge < -0.3 is 10.5 Å². The lowest BCUT2D eigenvalue weighted by Crippen LogP contribution is -2.54. The van der Waals surface area contributed by atoms with Gasteiger partial charge in [-0.3, -0.25) is 11.5 Å². The van der Waals surface area contributed by atoms with E-state index in [0.29, 0.717) is 6.42 Å². The van der Waals surface area contributed by atoms with Crippen LogP contribution in [0.3, 0.4) is 0 Å². The SMILES string of the molecule is COC(N)(N)CC(N)[Si]. The van der Waals surface area contributed by atoms with E-state index in [1.807, 2.05) is 0 Å². The Labute approximate surface area is 58.1 Å². The van der Waals surface area contributed by atoms with Crippen LogP contribution in [0.25, 0.3) is 0 Å². The monoisotopic (exact) mass is 146 g/mol. The molecule has 6 N–H and O–H groups in total. The molecule has 0 aliphatic heterocycles. The Morgan fingerprint density at radius 1 is 1.67 bits per heavy atom. The number of methoxy groups -OCH3 is 1. The first-order chi connectivity index (χ1) is 3.98. The highest BCUT2D eigenvalue weighted by Crippen LogP contribution is 1.98. The average molecular weight is 146 g/mol. The van der Waals surface area contributed by atoms with E-state index < -0.39 is 5.85 Å². The van der Waals surface area contributed by atoms with Crippen LogP contribution in [0.1, 0.15) is 6.42 Å². The molecule has 0 aliphatic carbocycles. The Kier molecular flexibility index (Phi) is 3.30. The minimum atomic E-state index is -1.11. The molecular weight excluding hydrogens is 134 g/mol. The van der Waals surface area contributed by atoms with E-state index >= 15 is 0 Å². The van der Waals surface area contributed by atoms with Crippen molar-refractivity contribution in [2.75, 3.05) is 7.11 Å². The maximum absolute atomic E-state index is 5.36. The topological polar surface area (TPSA) is 87.3 Å². The molecule has 0 heterocycles. The molecule has 4 nitrogen and oxygen atoms in total. The van der Waals surface area contributed by atoms with Crippen LogP contribution in [0.4, 0.5) is 0 Å². The van der Waals surface area contributed by atoms with Crippen molar-refractivity contribution in [1.82, 2.24) is 0 Å². The van der Waals surface area contributed by atoms with Crippen LogP contribution in [0, 0.1) is 0 Å². The minimum absolute atomic E-state index is 0.222. The fraction of sp³-hybridized carbons (Fsp3) is 1.00. The summed E-state index contributed by atoms with van der Waals surface area (Å²) < 4.78 is 4.69. The smallest absolute Gasteiger partial charge is 0.170 e. The zero-order chi connectivity index (χ0) is 7.49. The molecule has 0 bridgehead atoms. The third-order valence-electron chi connectivity index (χ3n) is 0.919. The van der Waals surface area contributed by atoms with Crippen LogP contribution in [-0.4, -0.2) is 28.9 Å². The molecule has 0 amide bonds. The molecule has 0 spiro atoms. The molecule has 0 fully saturated rings. The van der Waals surface area contributed by atoms with Crippen molar-refractivity contribution in [3.8, 4) is 0 Å². The van der Waals surface area contributed by atoms with Gasteiger partial charge in [0, 0.05) is 23.8 Å². The number of ether oxygens (including phenoxy) is 1. The second-order valence-corrected chi connectivity index (χ2v) is 2.71. The van der Waals surface area contributed by atoms with E-state index in [1.54, 1.807) is 0 Å². The first-order valence-corrected chi connectivity index (χ1v) is 3.15. The van der Waals surface area contributed by atoms with Gasteiger partial charge >= 0.3 is 0 Å². The summed E-state index contributed by atoms with van der Waals surface area (Å²) in [7, 11) is 4.57. The van der Waals surface area contributed by atoms with Crippen molar-refractivity contribution in [3.63, 3.8) is 0 Å². The molecule has 1 unspecified atom stereocenters. The molecule has 53 valence electrons. The van der Waals surface area contributed by atoms with Gasteiger partial charge in [0.15, 0.2) is 5.85 Å². The van der Waals surface area contributed by atoms with E-state index in [2.05, 4.69) is 10.2 Å². The normalized spacial score (nSPS) is 15.7. The van der Waals surface area contributed by atoms with E-state index in [4.69, 9.17) is 21.9 Å². The average Bonchev–Trinajstić information content (AvgIpc) is 1.63. The zero-order valence-corrected chi connectivity index (χ0v) is 6.42. The molecular formula is C4H12N3OSi. The number of nitrogens with two attached hydrogens (primary N) is 3. The zero-order valence-electron chi connectivity index (χ0n) is 5.42. The summed E-state index contributed by atoms with van der Waals surface area (Å²) in [6.07, 6.45) is 0.375. The van der Waals surface area contributed by atoms with Gasteiger partial charge in [0.1, 0.15) is 0 Å². The Hall–Kier alpha value is 0.0569. The molecule has 0 aromatic carbocycles. The van der Waals surface area contributed by atoms with Gasteiger partial charge in [-0.05, 0) is 5.67 Å². The second-order valence-electron chi connectivity index (χ2n) is 1.97. The van der Waals surface area contributed by atoms with Gasteiger partial charge in [-0.25, -0.2) is 0 Å². The number of hydrogen-bond acceptors (Lipinski definition) is 4. The summed E-state index contributed by atoms with van der Waals surface area (Å²) in [6.45, 7) is 0. The van der Waals surface area contributed by atoms with Crippen LogP contribution in [0.15, 0.2) is 0 Å². The largest absolute Gasteiger partial charge is 0.351 e. The highest BCUT2D eigenvalue weighted by atomic mass is 28.1. The third kappa shape index (κ3) is 4.55. The summed E-state index contributed by atoms with van der Waals surface area (Å²) in [4.78, 5) is 0. The summed E-state index contributed by atoms with van der Waals surface area (Å²) in [5.41, 5.74) is 15.8. The lowest BCUT2D eigenvalue weighted by Gasteiger charge is -2.23. The van der Waals surface area contributed by atoms with Gasteiger partial charge in [0.05, 0.1) is 0 Å². The molecule has 0 aromatic heterocycles. The Bertz CT molecular complexity index is 85.9. The lowest BCUT2D eigenvalue weighted by molar-refractivity contribution is -0.00691. The predicted molar refractivity (Wildman–Crippen MR) is 36.5 cm³/mol. The van der Waals surface area contributed by atoms with Crippen molar-refractivity contribution < 1.29 is 4.74 Å². The standard InChI is InChI=1S/C4H12N3OSi/c1-8-4(6,7)2-3(5)9/h3H,2,5-7H2,1H3. The molecule has 9 heavy (non-hydrogen) atoms. The van der Waals surface area contributed by atoms with Gasteiger partial charge in [-0.1, -0.05) is 0 Å². The van der Waals surface area contributed by atoms with E-state index in [-0.39, 0.29) is 5.67 Å². The molecule has 5 heteroatoms. The van der Waals surface area contributed by atoms with Crippen LogP contribution in [0.2, 0.25) is 0 Å². The van der Waals surface area contributed by atoms with Crippen molar-refractivity contribution in [2.45, 2.75) is 17.9 Å². The lowest BCUT2D eigenvalue weighted by atomic mass is 10.3. The summed E-state index contributed by atoms with van der Waals surface area (Å²) in [5.74, 6) is -1.11. The summed E-state index contributed by atoms with van der Waals surface area (Å²) >= 11 is 0. The fourth-order valence-corrected chi connectivity index (χ4v) is 0.746. The van der Waals surface area contributed by atoms with Crippen LogP contribution >= 0.6 is 0 Å². The quantitative estimate of drug-likeness (QED) is 0.319. The van der Waals surface area contributed by atoms with E-state index in [0.717, 1.165) is 0 Å². The van der Waals surface area contributed by atoms with Crippen LogP contribution in [0.5, 0.6) is 0 Å². The number of hydrogen-bond donors (Lipinski definition) is 3. The van der Waals surface area contributed by atoms with Crippen molar-refractivity contribution in [1.29, 1.82) is 0 Å². The highest BCUT2D eigenvalue weighted by Gasteiger charge is 2.18. The molecule has 0 aromatic rings. The fourth-order valence-electron chi connectivity index (χ4n) is 0.427. The molecule has 1 atom stereocenters. The van der Waals surface area contributed by atoms with Crippen molar-refractivity contribution >= 4 is 10.2 Å². The molecule has 0 saturated heterocycles. The van der Waals surface area contributed by atoms with Crippen LogP contribution < -0.4 is 17.2 Å². The molecule has 0 aliphatic rings. The van der Waals surface area contributed by atoms with Gasteiger partial charge in [-0.15, -0.1) is 0 Å². The third-order valence-corrected chi connectivity index (χ3v) is 1.12. The Morgan fingerprint density at radius 2 is 2.11 bits per heavy atom.